The lowest BCUT2D eigenvalue weighted by Gasteiger charge is -2.35. The van der Waals surface area contributed by atoms with E-state index in [-0.39, 0.29) is 22.9 Å². The fourth-order valence-corrected chi connectivity index (χ4v) is 1.97. The zero-order chi connectivity index (χ0) is 11.4. The van der Waals surface area contributed by atoms with Crippen LogP contribution in [0.25, 0.3) is 0 Å². The van der Waals surface area contributed by atoms with Gasteiger partial charge in [0.15, 0.2) is 0 Å². The number of hydrogen-bond acceptors (Lipinski definition) is 3. The van der Waals surface area contributed by atoms with Gasteiger partial charge in [0, 0.05) is 13.2 Å². The van der Waals surface area contributed by atoms with E-state index < -0.39 is 0 Å². The summed E-state index contributed by atoms with van der Waals surface area (Å²) in [5.41, 5.74) is 5.48. The van der Waals surface area contributed by atoms with Crippen LogP contribution in [0.3, 0.4) is 0 Å². The average Bonchev–Trinajstić information content (AvgIpc) is 2.10. The molecule has 0 aromatic heterocycles. The summed E-state index contributed by atoms with van der Waals surface area (Å²) in [5.74, 6) is -0.383. The van der Waals surface area contributed by atoms with E-state index in [9.17, 15) is 4.79 Å². The molecule has 15 heavy (non-hydrogen) atoms. The molecule has 0 aromatic rings. The summed E-state index contributed by atoms with van der Waals surface area (Å²) in [4.78, 5) is 12.0. The molecule has 1 fully saturated rings. The van der Waals surface area contributed by atoms with Gasteiger partial charge in [-0.2, -0.15) is 0 Å². The van der Waals surface area contributed by atoms with E-state index in [4.69, 9.17) is 22.7 Å². The predicted molar refractivity (Wildman–Crippen MR) is 62.5 cm³/mol. The van der Waals surface area contributed by atoms with Gasteiger partial charge in [-0.3, -0.25) is 4.79 Å². The molecule has 1 unspecified atom stereocenters. The highest BCUT2D eigenvalue weighted by molar-refractivity contribution is 7.80. The maximum Gasteiger partial charge on any atom is 0.230 e. The van der Waals surface area contributed by atoms with Crippen LogP contribution in [0.1, 0.15) is 26.2 Å². The summed E-state index contributed by atoms with van der Waals surface area (Å²) >= 11 is 4.84. The van der Waals surface area contributed by atoms with Gasteiger partial charge in [-0.25, -0.2) is 0 Å². The van der Waals surface area contributed by atoms with Crippen LogP contribution in [0.2, 0.25) is 0 Å². The van der Waals surface area contributed by atoms with Crippen LogP contribution in [-0.4, -0.2) is 30.2 Å². The Morgan fingerprint density at radius 2 is 2.27 bits per heavy atom. The average molecular weight is 230 g/mol. The lowest BCUT2D eigenvalue weighted by molar-refractivity contribution is -0.125. The maximum atomic E-state index is 11.7. The number of amides is 1. The minimum Gasteiger partial charge on any atom is -0.393 e. The number of thiocarbonyl (C=S) groups is 1. The van der Waals surface area contributed by atoms with Crippen molar-refractivity contribution in [3.05, 3.63) is 0 Å². The van der Waals surface area contributed by atoms with Gasteiger partial charge in [-0.05, 0) is 19.3 Å². The first-order valence-corrected chi connectivity index (χ1v) is 5.61. The van der Waals surface area contributed by atoms with Gasteiger partial charge < -0.3 is 15.8 Å². The molecule has 0 bridgehead atoms. The van der Waals surface area contributed by atoms with Crippen LogP contribution in [0.15, 0.2) is 0 Å². The lowest BCUT2D eigenvalue weighted by atomic mass is 9.88. The Morgan fingerprint density at radius 3 is 2.67 bits per heavy atom. The predicted octanol–water partition coefficient (Wildman–Crippen LogP) is 0.592. The van der Waals surface area contributed by atoms with Crippen molar-refractivity contribution >= 4 is 23.1 Å². The summed E-state index contributed by atoms with van der Waals surface area (Å²) in [6.45, 7) is 1.90. The zero-order valence-corrected chi connectivity index (χ0v) is 9.97. The van der Waals surface area contributed by atoms with E-state index in [1.54, 1.807) is 7.11 Å². The third-order valence-corrected chi connectivity index (χ3v) is 3.13. The molecular weight excluding hydrogens is 212 g/mol. The molecule has 1 aliphatic carbocycles. The van der Waals surface area contributed by atoms with Crippen molar-refractivity contribution in [2.75, 3.05) is 7.11 Å². The molecule has 1 amide bonds. The third-order valence-electron chi connectivity index (χ3n) is 2.84. The van der Waals surface area contributed by atoms with Crippen LogP contribution in [0, 0.1) is 5.92 Å². The molecule has 1 rings (SSSR count). The Hall–Kier alpha value is -0.680. The second-order valence-corrected chi connectivity index (χ2v) is 4.37. The smallest absolute Gasteiger partial charge is 0.230 e. The Morgan fingerprint density at radius 1 is 1.67 bits per heavy atom. The Bertz CT molecular complexity index is 252. The van der Waals surface area contributed by atoms with Crippen molar-refractivity contribution in [2.24, 2.45) is 11.7 Å². The Labute approximate surface area is 95.5 Å². The number of methoxy groups -OCH3 is 1. The van der Waals surface area contributed by atoms with E-state index in [2.05, 4.69) is 5.32 Å². The van der Waals surface area contributed by atoms with Gasteiger partial charge in [0.1, 0.15) is 0 Å². The topological polar surface area (TPSA) is 64.3 Å². The third kappa shape index (κ3) is 3.14. The molecule has 0 radical (unpaired) electrons. The number of hydrogen-bond donors (Lipinski definition) is 2. The normalized spacial score (nSPS) is 26.5. The van der Waals surface area contributed by atoms with Crippen LogP contribution in [0.4, 0.5) is 0 Å². The van der Waals surface area contributed by atoms with E-state index in [0.29, 0.717) is 12.5 Å². The van der Waals surface area contributed by atoms with E-state index in [1.807, 2.05) is 6.92 Å². The molecule has 0 spiro atoms. The first-order chi connectivity index (χ1) is 7.08. The summed E-state index contributed by atoms with van der Waals surface area (Å²) in [6, 6.07) is 0.228. The zero-order valence-electron chi connectivity index (χ0n) is 9.16. The van der Waals surface area contributed by atoms with Crippen molar-refractivity contribution in [1.82, 2.24) is 5.32 Å². The Kier molecular flexibility index (Phi) is 4.47. The molecule has 4 nitrogen and oxygen atoms in total. The number of nitrogens with two attached hydrogens (primary N) is 1. The fourth-order valence-electron chi connectivity index (χ4n) is 1.69. The van der Waals surface area contributed by atoms with Gasteiger partial charge in [0.25, 0.3) is 0 Å². The van der Waals surface area contributed by atoms with Crippen LogP contribution in [-0.2, 0) is 9.53 Å². The van der Waals surface area contributed by atoms with E-state index >= 15 is 0 Å². The summed E-state index contributed by atoms with van der Waals surface area (Å²) < 4.78 is 5.13. The van der Waals surface area contributed by atoms with Gasteiger partial charge >= 0.3 is 0 Å². The molecule has 0 saturated heterocycles. The standard InChI is InChI=1S/C10H18N2O2S/c1-3-8(9(11)15)10(13)12-6-4-7(5-6)14-2/h6-8H,3-5H2,1-2H3,(H2,11,15)(H,12,13). The molecule has 0 heterocycles. The monoisotopic (exact) mass is 230 g/mol. The minimum atomic E-state index is -0.332. The van der Waals surface area contributed by atoms with Crippen LogP contribution in [0.5, 0.6) is 0 Å². The van der Waals surface area contributed by atoms with Gasteiger partial charge in [0.2, 0.25) is 5.91 Å². The molecule has 3 N–H and O–H groups in total. The SMILES string of the molecule is CCC(C(=O)NC1CC(OC)C1)C(N)=S. The second kappa shape index (κ2) is 5.42. The van der Waals surface area contributed by atoms with Gasteiger partial charge in [-0.15, -0.1) is 0 Å². The van der Waals surface area contributed by atoms with Crippen molar-refractivity contribution < 1.29 is 9.53 Å². The fraction of sp³-hybridized carbons (Fsp3) is 0.800. The molecule has 0 aromatic carbocycles. The molecule has 86 valence electrons. The number of ether oxygens (including phenoxy) is 1. The first kappa shape index (κ1) is 12.4. The molecule has 1 aliphatic rings. The molecule has 0 aliphatic heterocycles. The summed E-state index contributed by atoms with van der Waals surface area (Å²) in [5, 5.41) is 2.93. The quantitative estimate of drug-likeness (QED) is 0.679. The van der Waals surface area contributed by atoms with E-state index in [1.165, 1.54) is 0 Å². The first-order valence-electron chi connectivity index (χ1n) is 5.21. The van der Waals surface area contributed by atoms with Gasteiger partial charge in [-0.1, -0.05) is 19.1 Å². The second-order valence-electron chi connectivity index (χ2n) is 3.90. The number of rotatable bonds is 5. The lowest BCUT2D eigenvalue weighted by Crippen LogP contribution is -2.50. The van der Waals surface area contributed by atoms with Crippen molar-refractivity contribution in [3.8, 4) is 0 Å². The summed E-state index contributed by atoms with van der Waals surface area (Å²) in [7, 11) is 1.69. The highest BCUT2D eigenvalue weighted by Gasteiger charge is 2.32. The van der Waals surface area contributed by atoms with Crippen LogP contribution >= 0.6 is 12.2 Å². The summed E-state index contributed by atoms with van der Waals surface area (Å²) in [6.07, 6.45) is 2.72. The minimum absolute atomic E-state index is 0.0513. The maximum absolute atomic E-state index is 11.7. The molecule has 1 atom stereocenters. The van der Waals surface area contributed by atoms with E-state index in [0.717, 1.165) is 12.8 Å². The van der Waals surface area contributed by atoms with Crippen LogP contribution < -0.4 is 11.1 Å². The highest BCUT2D eigenvalue weighted by atomic mass is 32.1. The number of carbonyl (C=O) groups is 1. The molecule has 5 heteroatoms. The molecule has 1 saturated carbocycles. The van der Waals surface area contributed by atoms with Crippen molar-refractivity contribution in [3.63, 3.8) is 0 Å². The Balaban J connectivity index is 2.33. The number of nitrogens with one attached hydrogen (secondary N) is 1. The van der Waals surface area contributed by atoms with Crippen molar-refractivity contribution in [2.45, 2.75) is 38.3 Å². The van der Waals surface area contributed by atoms with Gasteiger partial charge in [0.05, 0.1) is 17.0 Å². The largest absolute Gasteiger partial charge is 0.393 e. The van der Waals surface area contributed by atoms with Crippen molar-refractivity contribution in [1.29, 1.82) is 0 Å². The number of carbonyl (C=O) groups excluding carboxylic acids is 1. The molecular formula is C10H18N2O2S. The highest BCUT2D eigenvalue weighted by Crippen LogP contribution is 2.22.